The standard InChI is InChI=1S/C27H33N3O3/c1-17(2)29(25-16-18(3)8-9-19(25)4)27(32)22-10-12-23(13-11-22)30-21(6)24(20(5)28-30)14-15-26(31)33-7/h8-13,16-17H,14-15H2,1-7H3. The molecule has 0 aliphatic heterocycles. The third kappa shape index (κ3) is 5.16. The molecular weight excluding hydrogens is 414 g/mol. The molecule has 1 aromatic heterocycles. The molecule has 0 saturated carbocycles. The molecule has 0 unspecified atom stereocenters. The van der Waals surface area contributed by atoms with Gasteiger partial charge < -0.3 is 9.64 Å². The Bertz CT molecular complexity index is 1160. The number of carbonyl (C=O) groups is 2. The Kier molecular flexibility index (Phi) is 7.36. The van der Waals surface area contributed by atoms with Gasteiger partial charge >= 0.3 is 5.97 Å². The Labute approximate surface area is 196 Å². The molecule has 2 aromatic carbocycles. The molecule has 0 atom stereocenters. The molecule has 33 heavy (non-hydrogen) atoms. The van der Waals surface area contributed by atoms with Crippen LogP contribution in [0.5, 0.6) is 0 Å². The summed E-state index contributed by atoms with van der Waals surface area (Å²) in [7, 11) is 1.40. The van der Waals surface area contributed by atoms with Crippen LogP contribution in [0.2, 0.25) is 0 Å². The predicted molar refractivity (Wildman–Crippen MR) is 131 cm³/mol. The molecule has 0 radical (unpaired) electrons. The van der Waals surface area contributed by atoms with Crippen molar-refractivity contribution in [1.29, 1.82) is 0 Å². The number of nitrogens with zero attached hydrogens (tertiary/aromatic N) is 3. The first-order valence-corrected chi connectivity index (χ1v) is 11.3. The summed E-state index contributed by atoms with van der Waals surface area (Å²) in [4.78, 5) is 26.9. The number of rotatable bonds is 7. The highest BCUT2D eigenvalue weighted by Crippen LogP contribution is 2.26. The highest BCUT2D eigenvalue weighted by molar-refractivity contribution is 6.07. The molecule has 0 N–H and O–H groups in total. The van der Waals surface area contributed by atoms with Crippen molar-refractivity contribution in [3.05, 3.63) is 76.1 Å². The average molecular weight is 448 g/mol. The van der Waals surface area contributed by atoms with E-state index in [2.05, 4.69) is 23.3 Å². The van der Waals surface area contributed by atoms with Gasteiger partial charge in [-0.25, -0.2) is 4.68 Å². The Morgan fingerprint density at radius 3 is 2.30 bits per heavy atom. The minimum atomic E-state index is -0.233. The summed E-state index contributed by atoms with van der Waals surface area (Å²) < 4.78 is 6.62. The van der Waals surface area contributed by atoms with E-state index in [1.54, 1.807) is 0 Å². The normalized spacial score (nSPS) is 11.0. The molecular formula is C27H33N3O3. The number of carbonyl (C=O) groups excluding carboxylic acids is 2. The summed E-state index contributed by atoms with van der Waals surface area (Å²) in [6.45, 7) is 12.1. The quantitative estimate of drug-likeness (QED) is 0.463. The van der Waals surface area contributed by atoms with Crippen molar-refractivity contribution in [2.45, 2.75) is 60.4 Å². The van der Waals surface area contributed by atoms with Gasteiger partial charge in [0.15, 0.2) is 0 Å². The van der Waals surface area contributed by atoms with Crippen molar-refractivity contribution < 1.29 is 14.3 Å². The first-order valence-electron chi connectivity index (χ1n) is 11.3. The van der Waals surface area contributed by atoms with Gasteiger partial charge in [0.05, 0.1) is 18.5 Å². The van der Waals surface area contributed by atoms with E-state index in [0.29, 0.717) is 18.4 Å². The zero-order chi connectivity index (χ0) is 24.3. The molecule has 174 valence electrons. The van der Waals surface area contributed by atoms with Crippen molar-refractivity contribution in [2.24, 2.45) is 0 Å². The molecule has 1 heterocycles. The molecule has 0 bridgehead atoms. The Hall–Kier alpha value is -3.41. The van der Waals surface area contributed by atoms with Gasteiger partial charge in [0.25, 0.3) is 5.91 Å². The maximum atomic E-state index is 13.5. The SMILES string of the molecule is COC(=O)CCc1c(C)nn(-c2ccc(C(=O)N(c3cc(C)ccc3C)C(C)C)cc2)c1C. The number of esters is 1. The van der Waals surface area contributed by atoms with Crippen LogP contribution in [-0.4, -0.2) is 34.8 Å². The molecule has 3 rings (SSSR count). The van der Waals surface area contributed by atoms with Crippen LogP contribution >= 0.6 is 0 Å². The van der Waals surface area contributed by atoms with E-state index in [-0.39, 0.29) is 17.9 Å². The van der Waals surface area contributed by atoms with Crippen LogP contribution in [0.15, 0.2) is 42.5 Å². The van der Waals surface area contributed by atoms with Crippen LogP contribution in [0.3, 0.4) is 0 Å². The Balaban J connectivity index is 1.89. The number of methoxy groups -OCH3 is 1. The highest BCUT2D eigenvalue weighted by atomic mass is 16.5. The van der Waals surface area contributed by atoms with E-state index < -0.39 is 0 Å². The summed E-state index contributed by atoms with van der Waals surface area (Å²) in [5, 5.41) is 4.66. The highest BCUT2D eigenvalue weighted by Gasteiger charge is 2.23. The number of aryl methyl sites for hydroxylation is 3. The largest absolute Gasteiger partial charge is 0.469 e. The average Bonchev–Trinajstić information content (AvgIpc) is 3.07. The van der Waals surface area contributed by atoms with Crippen LogP contribution < -0.4 is 4.90 Å². The van der Waals surface area contributed by atoms with Crippen molar-refractivity contribution in [3.8, 4) is 5.69 Å². The van der Waals surface area contributed by atoms with Crippen LogP contribution in [0, 0.1) is 27.7 Å². The van der Waals surface area contributed by atoms with Gasteiger partial charge in [-0.1, -0.05) is 12.1 Å². The van der Waals surface area contributed by atoms with Crippen LogP contribution in [0.4, 0.5) is 5.69 Å². The zero-order valence-corrected chi connectivity index (χ0v) is 20.6. The van der Waals surface area contributed by atoms with Gasteiger partial charge in [-0.15, -0.1) is 0 Å². The van der Waals surface area contributed by atoms with Crippen molar-refractivity contribution in [3.63, 3.8) is 0 Å². The van der Waals surface area contributed by atoms with Gasteiger partial charge in [0, 0.05) is 29.4 Å². The minimum absolute atomic E-state index is 0.0195. The molecule has 6 heteroatoms. The van der Waals surface area contributed by atoms with Crippen LogP contribution in [-0.2, 0) is 16.0 Å². The van der Waals surface area contributed by atoms with Crippen molar-refractivity contribution in [1.82, 2.24) is 9.78 Å². The van der Waals surface area contributed by atoms with Gasteiger partial charge in [-0.3, -0.25) is 9.59 Å². The van der Waals surface area contributed by atoms with E-state index in [4.69, 9.17) is 4.74 Å². The topological polar surface area (TPSA) is 64.4 Å². The first kappa shape index (κ1) is 24.2. The first-order chi connectivity index (χ1) is 15.6. The lowest BCUT2D eigenvalue weighted by Crippen LogP contribution is -2.37. The number of aromatic nitrogens is 2. The van der Waals surface area contributed by atoms with E-state index in [1.807, 2.05) is 75.4 Å². The predicted octanol–water partition coefficient (Wildman–Crippen LogP) is 5.27. The third-order valence-electron chi connectivity index (χ3n) is 5.97. The summed E-state index contributed by atoms with van der Waals surface area (Å²) >= 11 is 0. The number of benzene rings is 2. The third-order valence-corrected chi connectivity index (χ3v) is 5.97. The fourth-order valence-corrected chi connectivity index (χ4v) is 4.10. The number of ether oxygens (including phenoxy) is 1. The Morgan fingerprint density at radius 2 is 1.70 bits per heavy atom. The van der Waals surface area contributed by atoms with E-state index >= 15 is 0 Å². The fraction of sp³-hybridized carbons (Fsp3) is 0.370. The molecule has 1 amide bonds. The smallest absolute Gasteiger partial charge is 0.305 e. The number of amides is 1. The maximum Gasteiger partial charge on any atom is 0.305 e. The molecule has 0 aliphatic rings. The summed E-state index contributed by atoms with van der Waals surface area (Å²) in [5.74, 6) is -0.264. The van der Waals surface area contributed by atoms with Crippen molar-refractivity contribution in [2.75, 3.05) is 12.0 Å². The van der Waals surface area contributed by atoms with E-state index in [9.17, 15) is 9.59 Å². The van der Waals surface area contributed by atoms with Crippen molar-refractivity contribution >= 4 is 17.6 Å². The van der Waals surface area contributed by atoms with Gasteiger partial charge in [-0.05, 0) is 95.0 Å². The number of hydrogen-bond acceptors (Lipinski definition) is 4. The molecule has 6 nitrogen and oxygen atoms in total. The summed E-state index contributed by atoms with van der Waals surface area (Å²) in [6.07, 6.45) is 0.904. The second-order valence-corrected chi connectivity index (χ2v) is 8.74. The van der Waals surface area contributed by atoms with E-state index in [0.717, 1.165) is 39.5 Å². The molecule has 3 aromatic rings. The van der Waals surface area contributed by atoms with Gasteiger partial charge in [-0.2, -0.15) is 5.10 Å². The number of anilines is 1. The summed E-state index contributed by atoms with van der Waals surface area (Å²) in [5.41, 5.74) is 7.54. The molecule has 0 saturated heterocycles. The second-order valence-electron chi connectivity index (χ2n) is 8.74. The molecule has 0 fully saturated rings. The zero-order valence-electron chi connectivity index (χ0n) is 20.6. The monoisotopic (exact) mass is 447 g/mol. The van der Waals surface area contributed by atoms with Gasteiger partial charge in [0.2, 0.25) is 0 Å². The fourth-order valence-electron chi connectivity index (χ4n) is 4.10. The van der Waals surface area contributed by atoms with E-state index in [1.165, 1.54) is 7.11 Å². The molecule has 0 spiro atoms. The van der Waals surface area contributed by atoms with Gasteiger partial charge in [0.1, 0.15) is 0 Å². The lowest BCUT2D eigenvalue weighted by atomic mass is 10.1. The lowest BCUT2D eigenvalue weighted by molar-refractivity contribution is -0.140. The summed E-state index contributed by atoms with van der Waals surface area (Å²) in [6, 6.07) is 13.7. The molecule has 0 aliphatic carbocycles. The second kappa shape index (κ2) is 10.0. The van der Waals surface area contributed by atoms with Crippen LogP contribution in [0.1, 0.15) is 58.7 Å². The maximum absolute atomic E-state index is 13.5. The number of hydrogen-bond donors (Lipinski definition) is 0. The lowest BCUT2D eigenvalue weighted by Gasteiger charge is -2.29. The Morgan fingerprint density at radius 1 is 1.03 bits per heavy atom. The minimum Gasteiger partial charge on any atom is -0.469 e. The van der Waals surface area contributed by atoms with Crippen LogP contribution in [0.25, 0.3) is 5.69 Å².